The highest BCUT2D eigenvalue weighted by molar-refractivity contribution is 5.81. The van der Waals surface area contributed by atoms with Crippen LogP contribution in [0.25, 0.3) is 0 Å². The van der Waals surface area contributed by atoms with E-state index in [0.29, 0.717) is 29.7 Å². The smallest absolute Gasteiger partial charge is 0.230 e. The first kappa shape index (κ1) is 19.9. The van der Waals surface area contributed by atoms with Gasteiger partial charge in [-0.15, -0.1) is 10.2 Å². The maximum Gasteiger partial charge on any atom is 0.230 e. The molecule has 156 valence electrons. The quantitative estimate of drug-likeness (QED) is 0.786. The molecule has 1 aromatic heterocycles. The molecule has 0 spiro atoms. The Kier molecular flexibility index (Phi) is 5.77. The predicted octanol–water partition coefficient (Wildman–Crippen LogP) is 3.76. The standard InChI is InChI=1S/C22H36N4O2/c1-22(2,3)21-24-23-19(28-21)15-25-13-10-16(11-14-25)18-7-5-4-6-12-26(18)20(27)17-8-9-17/h16-18H,4-15H2,1-3H3/t18-/m0/s1. The lowest BCUT2D eigenvalue weighted by Gasteiger charge is -2.40. The van der Waals surface area contributed by atoms with Crippen molar-refractivity contribution in [2.75, 3.05) is 19.6 Å². The molecule has 1 atom stereocenters. The van der Waals surface area contributed by atoms with Gasteiger partial charge in [0, 0.05) is 23.9 Å². The molecule has 0 aromatic carbocycles. The molecule has 6 nitrogen and oxygen atoms in total. The Hall–Kier alpha value is -1.43. The van der Waals surface area contributed by atoms with E-state index in [1.54, 1.807) is 0 Å². The Morgan fingerprint density at radius 3 is 2.39 bits per heavy atom. The van der Waals surface area contributed by atoms with Crippen molar-refractivity contribution in [1.82, 2.24) is 20.0 Å². The molecule has 3 heterocycles. The minimum Gasteiger partial charge on any atom is -0.423 e. The normalized spacial score (nSPS) is 25.7. The van der Waals surface area contributed by atoms with Gasteiger partial charge in [0.05, 0.1) is 6.54 Å². The molecule has 3 aliphatic rings. The minimum atomic E-state index is -0.102. The molecule has 1 saturated carbocycles. The lowest BCUT2D eigenvalue weighted by molar-refractivity contribution is -0.136. The number of hydrogen-bond donors (Lipinski definition) is 0. The Labute approximate surface area is 169 Å². The highest BCUT2D eigenvalue weighted by atomic mass is 16.4. The van der Waals surface area contributed by atoms with Crippen LogP contribution < -0.4 is 0 Å². The van der Waals surface area contributed by atoms with Gasteiger partial charge in [0.15, 0.2) is 0 Å². The Bertz CT molecular complexity index is 668. The van der Waals surface area contributed by atoms with Crippen LogP contribution in [0.3, 0.4) is 0 Å². The maximum absolute atomic E-state index is 12.8. The van der Waals surface area contributed by atoms with Crippen molar-refractivity contribution >= 4 is 5.91 Å². The zero-order valence-corrected chi connectivity index (χ0v) is 17.8. The zero-order chi connectivity index (χ0) is 19.7. The average Bonchev–Trinajstić information content (AvgIpc) is 3.44. The van der Waals surface area contributed by atoms with Gasteiger partial charge in [-0.3, -0.25) is 9.69 Å². The molecule has 2 saturated heterocycles. The number of likely N-dealkylation sites (tertiary alicyclic amines) is 2. The van der Waals surface area contributed by atoms with E-state index in [4.69, 9.17) is 4.42 Å². The van der Waals surface area contributed by atoms with E-state index in [1.165, 1.54) is 38.5 Å². The summed E-state index contributed by atoms with van der Waals surface area (Å²) in [4.78, 5) is 17.6. The van der Waals surface area contributed by atoms with Crippen LogP contribution in [0.1, 0.15) is 83.9 Å². The number of hydrogen-bond acceptors (Lipinski definition) is 5. The summed E-state index contributed by atoms with van der Waals surface area (Å²) in [5, 5.41) is 8.46. The first-order valence-corrected chi connectivity index (χ1v) is 11.3. The average molecular weight is 389 g/mol. The van der Waals surface area contributed by atoms with Gasteiger partial charge < -0.3 is 9.32 Å². The number of nitrogens with zero attached hydrogens (tertiary/aromatic N) is 4. The number of amides is 1. The lowest BCUT2D eigenvalue weighted by atomic mass is 9.86. The third-order valence-corrected chi connectivity index (χ3v) is 6.65. The second-order valence-corrected chi connectivity index (χ2v) is 10.1. The number of aromatic nitrogens is 2. The Balaban J connectivity index is 1.33. The van der Waals surface area contributed by atoms with Gasteiger partial charge in [-0.1, -0.05) is 33.6 Å². The van der Waals surface area contributed by atoms with Crippen LogP contribution in [0.2, 0.25) is 0 Å². The van der Waals surface area contributed by atoms with Crippen LogP contribution in [-0.4, -0.2) is 51.6 Å². The van der Waals surface area contributed by atoms with Crippen molar-refractivity contribution in [3.05, 3.63) is 11.8 Å². The second-order valence-electron chi connectivity index (χ2n) is 10.1. The molecule has 1 aliphatic carbocycles. The van der Waals surface area contributed by atoms with E-state index in [-0.39, 0.29) is 5.41 Å². The highest BCUT2D eigenvalue weighted by Gasteiger charge is 2.39. The number of carbonyl (C=O) groups is 1. The lowest BCUT2D eigenvalue weighted by Crippen LogP contribution is -2.48. The monoisotopic (exact) mass is 388 g/mol. The third kappa shape index (κ3) is 4.58. The SMILES string of the molecule is CC(C)(C)c1nnc(CN2CCC([C@@H]3CCCCCN3C(=O)C3CC3)CC2)o1. The number of rotatable bonds is 4. The van der Waals surface area contributed by atoms with E-state index in [1.807, 2.05) is 0 Å². The molecule has 1 amide bonds. The van der Waals surface area contributed by atoms with Crippen molar-refractivity contribution in [1.29, 1.82) is 0 Å². The molecule has 1 aromatic rings. The maximum atomic E-state index is 12.8. The van der Waals surface area contributed by atoms with Crippen LogP contribution in [0.4, 0.5) is 0 Å². The fraction of sp³-hybridized carbons (Fsp3) is 0.864. The van der Waals surface area contributed by atoms with E-state index < -0.39 is 0 Å². The van der Waals surface area contributed by atoms with Crippen molar-refractivity contribution in [3.8, 4) is 0 Å². The summed E-state index contributed by atoms with van der Waals surface area (Å²) in [6.45, 7) is 10.1. The van der Waals surface area contributed by atoms with Gasteiger partial charge >= 0.3 is 0 Å². The van der Waals surface area contributed by atoms with Gasteiger partial charge in [0.1, 0.15) is 0 Å². The van der Waals surface area contributed by atoms with Crippen LogP contribution in [-0.2, 0) is 16.8 Å². The molecule has 28 heavy (non-hydrogen) atoms. The first-order chi connectivity index (χ1) is 13.4. The minimum absolute atomic E-state index is 0.102. The second kappa shape index (κ2) is 8.13. The molecule has 4 rings (SSSR count). The molecule has 3 fully saturated rings. The summed E-state index contributed by atoms with van der Waals surface area (Å²) < 4.78 is 5.88. The number of carbonyl (C=O) groups excluding carboxylic acids is 1. The third-order valence-electron chi connectivity index (χ3n) is 6.65. The fourth-order valence-corrected chi connectivity index (χ4v) is 4.77. The zero-order valence-electron chi connectivity index (χ0n) is 17.8. The van der Waals surface area contributed by atoms with Gasteiger partial charge in [-0.05, 0) is 57.5 Å². The van der Waals surface area contributed by atoms with E-state index in [9.17, 15) is 4.79 Å². The van der Waals surface area contributed by atoms with Gasteiger partial charge in [-0.2, -0.15) is 0 Å². The molecule has 6 heteroatoms. The summed E-state index contributed by atoms with van der Waals surface area (Å²) in [6.07, 6.45) is 9.48. The summed E-state index contributed by atoms with van der Waals surface area (Å²) in [7, 11) is 0. The fourth-order valence-electron chi connectivity index (χ4n) is 4.77. The van der Waals surface area contributed by atoms with Crippen LogP contribution >= 0.6 is 0 Å². The van der Waals surface area contributed by atoms with E-state index in [2.05, 4.69) is 40.8 Å². The van der Waals surface area contributed by atoms with Gasteiger partial charge in [0.2, 0.25) is 17.7 Å². The molecule has 0 bridgehead atoms. The highest BCUT2D eigenvalue weighted by Crippen LogP contribution is 2.36. The van der Waals surface area contributed by atoms with Crippen LogP contribution in [0.15, 0.2) is 4.42 Å². The van der Waals surface area contributed by atoms with Gasteiger partial charge in [0.25, 0.3) is 0 Å². The largest absolute Gasteiger partial charge is 0.423 e. The van der Waals surface area contributed by atoms with E-state index in [0.717, 1.165) is 44.9 Å². The molecule has 0 radical (unpaired) electrons. The van der Waals surface area contributed by atoms with Crippen molar-refractivity contribution in [2.24, 2.45) is 11.8 Å². The van der Waals surface area contributed by atoms with Crippen molar-refractivity contribution in [3.63, 3.8) is 0 Å². The molecular weight excluding hydrogens is 352 g/mol. The van der Waals surface area contributed by atoms with Crippen LogP contribution in [0, 0.1) is 11.8 Å². The van der Waals surface area contributed by atoms with E-state index >= 15 is 0 Å². The number of piperidine rings is 1. The predicted molar refractivity (Wildman–Crippen MR) is 108 cm³/mol. The summed E-state index contributed by atoms with van der Waals surface area (Å²) in [6, 6.07) is 0.466. The molecular formula is C22H36N4O2. The summed E-state index contributed by atoms with van der Waals surface area (Å²) >= 11 is 0. The van der Waals surface area contributed by atoms with Crippen molar-refractivity contribution < 1.29 is 9.21 Å². The molecule has 0 unspecified atom stereocenters. The summed E-state index contributed by atoms with van der Waals surface area (Å²) in [5.41, 5.74) is -0.102. The first-order valence-electron chi connectivity index (χ1n) is 11.3. The Morgan fingerprint density at radius 1 is 1.00 bits per heavy atom. The van der Waals surface area contributed by atoms with Crippen molar-refractivity contribution in [2.45, 2.75) is 90.1 Å². The van der Waals surface area contributed by atoms with Gasteiger partial charge in [-0.25, -0.2) is 0 Å². The van der Waals surface area contributed by atoms with Crippen LogP contribution in [0.5, 0.6) is 0 Å². The topological polar surface area (TPSA) is 62.5 Å². The summed E-state index contributed by atoms with van der Waals surface area (Å²) in [5.74, 6) is 2.88. The molecule has 0 N–H and O–H groups in total. The Morgan fingerprint density at radius 2 is 1.75 bits per heavy atom. The molecule has 2 aliphatic heterocycles.